The third kappa shape index (κ3) is 3.97. The molecule has 1 aromatic heterocycles. The van der Waals surface area contributed by atoms with E-state index in [1.807, 2.05) is 4.90 Å². The molecule has 0 saturated carbocycles. The van der Waals surface area contributed by atoms with Crippen LogP contribution in [0.2, 0.25) is 0 Å². The predicted octanol–water partition coefficient (Wildman–Crippen LogP) is 4.54. The van der Waals surface area contributed by atoms with E-state index in [9.17, 15) is 9.90 Å². The normalized spacial score (nSPS) is 21.2. The molecule has 3 aliphatic rings. The molecule has 1 atom stereocenters. The minimum Gasteiger partial charge on any atom is -0.508 e. The zero-order valence-electron chi connectivity index (χ0n) is 21.5. The Morgan fingerprint density at radius 2 is 2.06 bits per heavy atom. The van der Waals surface area contributed by atoms with Gasteiger partial charge >= 0.3 is 6.03 Å². The number of hydrogen-bond acceptors (Lipinski definition) is 5. The number of fused-ring (bicyclic) bond motifs is 3. The van der Waals surface area contributed by atoms with Gasteiger partial charge in [-0.05, 0) is 56.2 Å². The number of aromatic nitrogens is 1. The Bertz CT molecular complexity index is 1180. The summed E-state index contributed by atoms with van der Waals surface area (Å²) in [5.74, 6) is 0.894. The van der Waals surface area contributed by atoms with Crippen molar-refractivity contribution in [2.45, 2.75) is 64.2 Å². The fourth-order valence-electron chi connectivity index (χ4n) is 6.48. The van der Waals surface area contributed by atoms with Crippen LogP contribution in [0, 0.1) is 5.41 Å². The van der Waals surface area contributed by atoms with Crippen LogP contribution < -0.4 is 4.74 Å². The molecule has 0 radical (unpaired) electrons. The number of rotatable bonds is 7. The number of methoxy groups -OCH3 is 1. The van der Waals surface area contributed by atoms with Gasteiger partial charge < -0.3 is 24.7 Å². The highest BCUT2D eigenvalue weighted by Crippen LogP contribution is 2.49. The molecule has 3 aliphatic heterocycles. The van der Waals surface area contributed by atoms with Crippen molar-refractivity contribution >= 4 is 12.2 Å². The fraction of sp³-hybridized carbons (Fsp3) is 0.500. The number of urea groups is 1. The fourth-order valence-corrected chi connectivity index (χ4v) is 6.48. The molecule has 2 N–H and O–H groups in total. The van der Waals surface area contributed by atoms with Crippen molar-refractivity contribution in [3.8, 4) is 11.5 Å². The van der Waals surface area contributed by atoms with Gasteiger partial charge in [0.05, 0.1) is 19.2 Å². The average Bonchev–Trinajstić information content (AvgIpc) is 3.34. The number of phenolic OH excluding ortho intramolecular Hbond substituents is 1. The van der Waals surface area contributed by atoms with Crippen LogP contribution in [-0.2, 0) is 19.6 Å². The molecule has 8 nitrogen and oxygen atoms in total. The topological polar surface area (TPSA) is 85.0 Å². The number of allylic oxidation sites excluding steroid dienone is 1. The van der Waals surface area contributed by atoms with Gasteiger partial charge in [0.25, 0.3) is 0 Å². The molecule has 2 fully saturated rings. The maximum Gasteiger partial charge on any atom is 0.325 e. The number of benzene rings is 1. The summed E-state index contributed by atoms with van der Waals surface area (Å²) < 4.78 is 7.86. The van der Waals surface area contributed by atoms with Gasteiger partial charge in [-0.3, -0.25) is 9.80 Å². The van der Waals surface area contributed by atoms with E-state index in [1.165, 1.54) is 11.9 Å². The van der Waals surface area contributed by atoms with Crippen LogP contribution in [0.15, 0.2) is 42.2 Å². The molecule has 1 aromatic carbocycles. The quantitative estimate of drug-likeness (QED) is 0.557. The predicted molar refractivity (Wildman–Crippen MR) is 140 cm³/mol. The summed E-state index contributed by atoms with van der Waals surface area (Å²) in [5, 5.41) is 17.6. The lowest BCUT2D eigenvalue weighted by molar-refractivity contribution is 0.0876. The molecule has 36 heavy (non-hydrogen) atoms. The molecule has 2 aromatic rings. The number of carbonyl (C=O) groups excluding carboxylic acids is 1. The van der Waals surface area contributed by atoms with Crippen molar-refractivity contribution < 1.29 is 14.6 Å². The van der Waals surface area contributed by atoms with Gasteiger partial charge in [-0.25, -0.2) is 4.79 Å². The van der Waals surface area contributed by atoms with Gasteiger partial charge in [0.2, 0.25) is 0 Å². The van der Waals surface area contributed by atoms with E-state index in [2.05, 4.69) is 52.6 Å². The highest BCUT2D eigenvalue weighted by Gasteiger charge is 2.54. The highest BCUT2D eigenvalue weighted by molar-refractivity contribution is 5.83. The summed E-state index contributed by atoms with van der Waals surface area (Å²) in [5.41, 5.74) is 4.06. The summed E-state index contributed by atoms with van der Waals surface area (Å²) in [6, 6.07) is 7.74. The first-order valence-electron chi connectivity index (χ1n) is 13.0. The summed E-state index contributed by atoms with van der Waals surface area (Å²) in [7, 11) is 1.63. The van der Waals surface area contributed by atoms with E-state index >= 15 is 0 Å². The molecule has 2 amide bonds. The third-order valence-electron chi connectivity index (χ3n) is 8.19. The summed E-state index contributed by atoms with van der Waals surface area (Å²) in [6.07, 6.45) is 8.34. The van der Waals surface area contributed by atoms with Crippen molar-refractivity contribution in [3.63, 3.8) is 0 Å². The van der Waals surface area contributed by atoms with Crippen LogP contribution in [0.5, 0.6) is 11.5 Å². The number of piperidine rings is 1. The lowest BCUT2D eigenvalue weighted by Crippen LogP contribution is -2.53. The minimum atomic E-state index is -0.309. The number of carbonyl (C=O) groups is 1. The number of nitrogens with one attached hydrogen (secondary N) is 1. The van der Waals surface area contributed by atoms with Gasteiger partial charge in [0.15, 0.2) is 0 Å². The van der Waals surface area contributed by atoms with Gasteiger partial charge in [0.1, 0.15) is 11.5 Å². The Kier molecular flexibility index (Phi) is 6.55. The minimum absolute atomic E-state index is 0.0556. The number of nitrogens with zero attached hydrogens (tertiary/aromatic N) is 4. The third-order valence-corrected chi connectivity index (χ3v) is 8.19. The monoisotopic (exact) mass is 491 g/mol. The standard InChI is InChI=1S/C28H37N5O3/c1-4-33-27(35)32-18-21-16-23(34)17-24(36-3)26(21)20(2)15-25(32)28(33)8-13-30(14-9-28)19-22-7-5-11-31(22)12-6-10-29/h5,7,10-11,15-17,20,29,34H,4,6,8-9,12-14,18-19H2,1-3H3/t20-/m0/s1. The molecular formula is C28H37N5O3. The van der Waals surface area contributed by atoms with Crippen molar-refractivity contribution in [1.29, 1.82) is 5.41 Å². The number of likely N-dealkylation sites (N-methyl/N-ethyl adjacent to an activating group) is 1. The van der Waals surface area contributed by atoms with Crippen molar-refractivity contribution in [3.05, 3.63) is 59.1 Å². The zero-order valence-corrected chi connectivity index (χ0v) is 21.5. The number of aromatic hydroxyl groups is 1. The maximum atomic E-state index is 13.7. The first kappa shape index (κ1) is 24.4. The molecule has 192 valence electrons. The zero-order chi connectivity index (χ0) is 25.4. The number of likely N-dealkylation sites (tertiary alicyclic amines) is 1. The number of amides is 2. The maximum absolute atomic E-state index is 13.7. The lowest BCUT2D eigenvalue weighted by Gasteiger charge is -2.44. The summed E-state index contributed by atoms with van der Waals surface area (Å²) in [4.78, 5) is 20.2. The average molecular weight is 492 g/mol. The SMILES string of the molecule is CCN1C(=O)N2Cc3cc(O)cc(OC)c3[C@@H](C)C=C2C12CCN(Cc1cccn1CCC=N)CC2. The van der Waals surface area contributed by atoms with Gasteiger partial charge in [-0.1, -0.05) is 13.0 Å². The Labute approximate surface area is 213 Å². The van der Waals surface area contributed by atoms with Crippen LogP contribution in [0.1, 0.15) is 55.8 Å². The van der Waals surface area contributed by atoms with E-state index in [0.717, 1.165) is 62.3 Å². The molecule has 4 heterocycles. The molecule has 0 unspecified atom stereocenters. The van der Waals surface area contributed by atoms with Crippen LogP contribution in [0.25, 0.3) is 0 Å². The van der Waals surface area contributed by atoms with Crippen molar-refractivity contribution in [2.75, 3.05) is 26.7 Å². The van der Waals surface area contributed by atoms with Gasteiger partial charge in [-0.15, -0.1) is 0 Å². The smallest absolute Gasteiger partial charge is 0.325 e. The van der Waals surface area contributed by atoms with Crippen LogP contribution in [-0.4, -0.2) is 68.9 Å². The van der Waals surface area contributed by atoms with E-state index in [1.54, 1.807) is 19.2 Å². The second-order valence-electron chi connectivity index (χ2n) is 10.2. The number of hydrogen-bond donors (Lipinski definition) is 2. The van der Waals surface area contributed by atoms with Crippen molar-refractivity contribution in [1.82, 2.24) is 19.3 Å². The second-order valence-corrected chi connectivity index (χ2v) is 10.2. The molecular weight excluding hydrogens is 454 g/mol. The summed E-state index contributed by atoms with van der Waals surface area (Å²) in [6.45, 7) is 8.87. The Morgan fingerprint density at radius 1 is 1.28 bits per heavy atom. The first-order valence-corrected chi connectivity index (χ1v) is 13.0. The van der Waals surface area contributed by atoms with Crippen LogP contribution in [0.3, 0.4) is 0 Å². The molecule has 8 heteroatoms. The number of aryl methyl sites for hydroxylation is 1. The highest BCUT2D eigenvalue weighted by atomic mass is 16.5. The molecule has 1 spiro atoms. The Morgan fingerprint density at radius 3 is 2.75 bits per heavy atom. The van der Waals surface area contributed by atoms with E-state index in [4.69, 9.17) is 10.1 Å². The largest absolute Gasteiger partial charge is 0.508 e. The number of phenols is 1. The van der Waals surface area contributed by atoms with E-state index in [0.29, 0.717) is 18.8 Å². The molecule has 2 saturated heterocycles. The van der Waals surface area contributed by atoms with E-state index < -0.39 is 0 Å². The van der Waals surface area contributed by atoms with Crippen LogP contribution in [0.4, 0.5) is 4.79 Å². The molecule has 0 aliphatic carbocycles. The lowest BCUT2D eigenvalue weighted by atomic mass is 9.82. The molecule has 5 rings (SSSR count). The van der Waals surface area contributed by atoms with Crippen molar-refractivity contribution in [2.24, 2.45) is 0 Å². The van der Waals surface area contributed by atoms with Gasteiger partial charge in [-0.2, -0.15) is 0 Å². The van der Waals surface area contributed by atoms with Gasteiger partial charge in [0, 0.05) is 67.9 Å². The second kappa shape index (κ2) is 9.65. The number of ether oxygens (including phenoxy) is 1. The Balaban J connectivity index is 1.42. The molecule has 0 bridgehead atoms. The first-order chi connectivity index (χ1) is 17.4. The summed E-state index contributed by atoms with van der Waals surface area (Å²) >= 11 is 0. The Hall–Kier alpha value is -3.26. The van der Waals surface area contributed by atoms with Crippen LogP contribution >= 0.6 is 0 Å². The van der Waals surface area contributed by atoms with E-state index in [-0.39, 0.29) is 23.2 Å².